The van der Waals surface area contributed by atoms with Crippen LogP contribution < -0.4 is 5.32 Å². The van der Waals surface area contributed by atoms with Gasteiger partial charge in [-0.15, -0.1) is 0 Å². The minimum atomic E-state index is 0.796. The van der Waals surface area contributed by atoms with Gasteiger partial charge in [0.25, 0.3) is 0 Å². The molecule has 0 saturated carbocycles. The maximum atomic E-state index is 3.32. The zero-order valence-corrected chi connectivity index (χ0v) is 9.51. The van der Waals surface area contributed by atoms with Crippen LogP contribution in [0.3, 0.4) is 0 Å². The fraction of sp³-hybridized carbons (Fsp3) is 0.538. The topological polar surface area (TPSA) is 12.0 Å². The lowest BCUT2D eigenvalue weighted by Gasteiger charge is -1.95. The molecule has 1 heteroatoms. The van der Waals surface area contributed by atoms with Crippen LogP contribution in [-0.4, -0.2) is 12.6 Å². The minimum absolute atomic E-state index is 0.796. The molecule has 0 amide bonds. The predicted octanol–water partition coefficient (Wildman–Crippen LogP) is 3.06. The maximum Gasteiger partial charge on any atom is 0.00391 e. The van der Waals surface area contributed by atoms with Gasteiger partial charge in [0.1, 0.15) is 0 Å². The van der Waals surface area contributed by atoms with Crippen LogP contribution in [-0.2, 0) is 0 Å². The average Bonchev–Trinajstić information content (AvgIpc) is 2.63. The molecule has 1 nitrogen and oxygen atoms in total. The van der Waals surface area contributed by atoms with Gasteiger partial charge in [-0.1, -0.05) is 24.3 Å². The molecule has 1 atom stereocenters. The van der Waals surface area contributed by atoms with E-state index in [4.69, 9.17) is 0 Å². The minimum Gasteiger partial charge on any atom is -0.314 e. The van der Waals surface area contributed by atoms with Crippen LogP contribution in [0.2, 0.25) is 0 Å². The zero-order valence-electron chi connectivity index (χ0n) is 9.51. The van der Waals surface area contributed by atoms with Gasteiger partial charge in [0.05, 0.1) is 0 Å². The van der Waals surface area contributed by atoms with E-state index in [-0.39, 0.29) is 0 Å². The summed E-state index contributed by atoms with van der Waals surface area (Å²) in [5.41, 5.74) is 2.74. The zero-order chi connectivity index (χ0) is 10.4. The summed E-state index contributed by atoms with van der Waals surface area (Å²) in [7, 11) is 0. The number of rotatable bonds is 0. The summed E-state index contributed by atoms with van der Waals surface area (Å²) in [4.78, 5) is 0. The van der Waals surface area contributed by atoms with Gasteiger partial charge in [-0.25, -0.2) is 0 Å². The van der Waals surface area contributed by atoms with Gasteiger partial charge in [-0.3, -0.25) is 0 Å². The monoisotopic (exact) mass is 191 g/mol. The van der Waals surface area contributed by atoms with Crippen molar-refractivity contribution in [1.82, 2.24) is 5.32 Å². The Kier molecular flexibility index (Phi) is 4.68. The molecule has 1 aromatic carbocycles. The highest BCUT2D eigenvalue weighted by atomic mass is 14.9. The summed E-state index contributed by atoms with van der Waals surface area (Å²) < 4.78 is 0. The second-order valence-corrected chi connectivity index (χ2v) is 4.08. The van der Waals surface area contributed by atoms with Crippen LogP contribution in [0.15, 0.2) is 24.3 Å². The molecule has 1 N–H and O–H groups in total. The molecule has 1 unspecified atom stereocenters. The molecule has 1 aliphatic heterocycles. The van der Waals surface area contributed by atoms with Gasteiger partial charge in [0.15, 0.2) is 0 Å². The Morgan fingerprint density at radius 1 is 1.14 bits per heavy atom. The normalized spacial score (nSPS) is 20.1. The van der Waals surface area contributed by atoms with E-state index in [9.17, 15) is 0 Å². The van der Waals surface area contributed by atoms with Crippen LogP contribution in [0.25, 0.3) is 0 Å². The highest BCUT2D eigenvalue weighted by Gasteiger charge is 2.05. The number of nitrogens with one attached hydrogen (secondary N) is 1. The molecule has 0 aliphatic carbocycles. The van der Waals surface area contributed by atoms with Crippen molar-refractivity contribution in [2.24, 2.45) is 0 Å². The molecule has 1 aromatic rings. The highest BCUT2D eigenvalue weighted by molar-refractivity contribution is 5.23. The molecular formula is C13H21N. The van der Waals surface area contributed by atoms with Gasteiger partial charge >= 0.3 is 0 Å². The number of hydrogen-bond acceptors (Lipinski definition) is 1. The van der Waals surface area contributed by atoms with E-state index in [1.54, 1.807) is 0 Å². The Bertz CT molecular complexity index is 241. The van der Waals surface area contributed by atoms with Gasteiger partial charge in [0, 0.05) is 6.04 Å². The van der Waals surface area contributed by atoms with Crippen molar-refractivity contribution >= 4 is 0 Å². The van der Waals surface area contributed by atoms with Crippen molar-refractivity contribution in [3.8, 4) is 0 Å². The van der Waals surface area contributed by atoms with Crippen molar-refractivity contribution in [2.45, 2.75) is 39.7 Å². The third-order valence-electron chi connectivity index (χ3n) is 2.73. The van der Waals surface area contributed by atoms with Crippen molar-refractivity contribution in [3.63, 3.8) is 0 Å². The Labute approximate surface area is 87.5 Å². The van der Waals surface area contributed by atoms with Gasteiger partial charge < -0.3 is 5.32 Å². The van der Waals surface area contributed by atoms with Gasteiger partial charge in [0.2, 0.25) is 0 Å². The van der Waals surface area contributed by atoms with E-state index in [2.05, 4.69) is 50.4 Å². The average molecular weight is 191 g/mol. The standard InChI is InChI=1S/C8H10.C5H11N/c1-7-5-3-4-6-8(7)2;1-5-3-2-4-6-5/h3-6H,1-2H3;5-6H,2-4H2,1H3. The summed E-state index contributed by atoms with van der Waals surface area (Å²) in [5.74, 6) is 0. The van der Waals surface area contributed by atoms with Crippen LogP contribution in [0.4, 0.5) is 0 Å². The smallest absolute Gasteiger partial charge is 0.00391 e. The fourth-order valence-electron chi connectivity index (χ4n) is 1.52. The molecule has 0 radical (unpaired) electrons. The summed E-state index contributed by atoms with van der Waals surface area (Å²) in [6.07, 6.45) is 2.75. The molecule has 0 spiro atoms. The number of aryl methyl sites for hydroxylation is 2. The van der Waals surface area contributed by atoms with Crippen molar-refractivity contribution in [1.29, 1.82) is 0 Å². The molecule has 1 heterocycles. The lowest BCUT2D eigenvalue weighted by atomic mass is 10.1. The van der Waals surface area contributed by atoms with Crippen LogP contribution in [0.5, 0.6) is 0 Å². The molecule has 14 heavy (non-hydrogen) atoms. The molecule has 1 saturated heterocycles. The highest BCUT2D eigenvalue weighted by Crippen LogP contribution is 2.02. The lowest BCUT2D eigenvalue weighted by Crippen LogP contribution is -2.16. The first-order valence-electron chi connectivity index (χ1n) is 5.46. The quantitative estimate of drug-likeness (QED) is 0.664. The Morgan fingerprint density at radius 3 is 1.93 bits per heavy atom. The summed E-state index contributed by atoms with van der Waals surface area (Å²) in [6, 6.07) is 9.15. The lowest BCUT2D eigenvalue weighted by molar-refractivity contribution is 0.664. The van der Waals surface area contributed by atoms with E-state index in [1.165, 1.54) is 30.5 Å². The Hall–Kier alpha value is -0.820. The number of hydrogen-bond donors (Lipinski definition) is 1. The Balaban J connectivity index is 0.000000146. The van der Waals surface area contributed by atoms with Crippen molar-refractivity contribution in [3.05, 3.63) is 35.4 Å². The largest absolute Gasteiger partial charge is 0.314 e. The Morgan fingerprint density at radius 2 is 1.71 bits per heavy atom. The SMILES string of the molecule is CC1CCCN1.Cc1ccccc1C. The molecule has 78 valence electrons. The molecule has 0 aromatic heterocycles. The molecular weight excluding hydrogens is 170 g/mol. The van der Waals surface area contributed by atoms with E-state index in [0.29, 0.717) is 0 Å². The van der Waals surface area contributed by atoms with Crippen LogP contribution in [0.1, 0.15) is 30.9 Å². The van der Waals surface area contributed by atoms with Gasteiger partial charge in [-0.05, 0) is 51.3 Å². The predicted molar refractivity (Wildman–Crippen MR) is 62.6 cm³/mol. The van der Waals surface area contributed by atoms with Crippen LogP contribution in [0, 0.1) is 13.8 Å². The first-order valence-corrected chi connectivity index (χ1v) is 5.46. The van der Waals surface area contributed by atoms with E-state index < -0.39 is 0 Å². The first-order chi connectivity index (χ1) is 6.70. The number of benzene rings is 1. The maximum absolute atomic E-state index is 3.32. The van der Waals surface area contributed by atoms with E-state index in [1.807, 2.05) is 0 Å². The molecule has 2 rings (SSSR count). The van der Waals surface area contributed by atoms with E-state index >= 15 is 0 Å². The van der Waals surface area contributed by atoms with Crippen molar-refractivity contribution < 1.29 is 0 Å². The third-order valence-corrected chi connectivity index (χ3v) is 2.73. The summed E-state index contributed by atoms with van der Waals surface area (Å²) in [5, 5.41) is 3.32. The van der Waals surface area contributed by atoms with Crippen molar-refractivity contribution in [2.75, 3.05) is 6.54 Å². The molecule has 0 bridgehead atoms. The second kappa shape index (κ2) is 5.82. The summed E-state index contributed by atoms with van der Waals surface area (Å²) >= 11 is 0. The van der Waals surface area contributed by atoms with Gasteiger partial charge in [-0.2, -0.15) is 0 Å². The third kappa shape index (κ3) is 3.93. The van der Waals surface area contributed by atoms with Crippen LogP contribution >= 0.6 is 0 Å². The van der Waals surface area contributed by atoms with E-state index in [0.717, 1.165) is 6.04 Å². The fourth-order valence-corrected chi connectivity index (χ4v) is 1.52. The second-order valence-electron chi connectivity index (χ2n) is 4.08. The summed E-state index contributed by atoms with van der Waals surface area (Å²) in [6.45, 7) is 7.71. The molecule has 1 aliphatic rings. The first kappa shape index (κ1) is 11.3. The molecule has 1 fully saturated rings.